The van der Waals surface area contributed by atoms with E-state index in [1.165, 1.54) is 6.07 Å². The molecule has 27 heavy (non-hydrogen) atoms. The third-order valence-corrected chi connectivity index (χ3v) is 5.07. The molecule has 0 saturated carbocycles. The van der Waals surface area contributed by atoms with E-state index in [1.807, 2.05) is 48.7 Å². The molecule has 1 atom stereocenters. The SMILES string of the molecule is Cc1ccc(C(=O)N2CCn3cccc3C2c2ccccc2)cc1[N+](=O)[O-]. The first kappa shape index (κ1) is 17.0. The number of carbonyl (C=O) groups excluding carboxylic acids is 1. The first-order chi connectivity index (χ1) is 13.1. The maximum Gasteiger partial charge on any atom is 0.273 e. The summed E-state index contributed by atoms with van der Waals surface area (Å²) in [5.74, 6) is -0.195. The summed E-state index contributed by atoms with van der Waals surface area (Å²) in [6.45, 7) is 2.92. The lowest BCUT2D eigenvalue weighted by Crippen LogP contribution is -2.42. The Kier molecular flexibility index (Phi) is 4.24. The fraction of sp³-hybridized carbons (Fsp3) is 0.190. The largest absolute Gasteiger partial charge is 0.348 e. The Balaban J connectivity index is 1.77. The van der Waals surface area contributed by atoms with E-state index in [0.717, 1.165) is 11.3 Å². The van der Waals surface area contributed by atoms with E-state index >= 15 is 0 Å². The molecule has 6 heteroatoms. The van der Waals surface area contributed by atoms with E-state index in [9.17, 15) is 14.9 Å². The van der Waals surface area contributed by atoms with E-state index in [2.05, 4.69) is 4.57 Å². The third-order valence-electron chi connectivity index (χ3n) is 5.07. The molecule has 3 aromatic rings. The lowest BCUT2D eigenvalue weighted by Gasteiger charge is -2.37. The second-order valence-electron chi connectivity index (χ2n) is 6.70. The monoisotopic (exact) mass is 361 g/mol. The molecule has 1 aliphatic rings. The van der Waals surface area contributed by atoms with Crippen molar-refractivity contribution in [1.29, 1.82) is 0 Å². The number of benzene rings is 2. The molecule has 1 unspecified atom stereocenters. The van der Waals surface area contributed by atoms with Crippen LogP contribution in [0.2, 0.25) is 0 Å². The van der Waals surface area contributed by atoms with Crippen molar-refractivity contribution in [2.45, 2.75) is 19.5 Å². The van der Waals surface area contributed by atoms with Gasteiger partial charge in [0.05, 0.1) is 11.0 Å². The van der Waals surface area contributed by atoms with Crippen LogP contribution in [0.5, 0.6) is 0 Å². The molecule has 0 saturated heterocycles. The molecule has 6 nitrogen and oxygen atoms in total. The van der Waals surface area contributed by atoms with Gasteiger partial charge in [0.2, 0.25) is 0 Å². The maximum absolute atomic E-state index is 13.3. The second-order valence-corrected chi connectivity index (χ2v) is 6.70. The minimum Gasteiger partial charge on any atom is -0.348 e. The van der Waals surface area contributed by atoms with Crippen LogP contribution < -0.4 is 0 Å². The van der Waals surface area contributed by atoms with Gasteiger partial charge in [-0.05, 0) is 30.7 Å². The molecule has 1 aromatic heterocycles. The van der Waals surface area contributed by atoms with Crippen molar-refractivity contribution < 1.29 is 9.72 Å². The normalized spacial score (nSPS) is 16.0. The molecule has 1 aliphatic heterocycles. The van der Waals surface area contributed by atoms with Gasteiger partial charge in [-0.1, -0.05) is 36.4 Å². The van der Waals surface area contributed by atoms with Crippen LogP contribution in [0.15, 0.2) is 66.9 Å². The summed E-state index contributed by atoms with van der Waals surface area (Å²) < 4.78 is 2.15. The molecular formula is C21H19N3O3. The summed E-state index contributed by atoms with van der Waals surface area (Å²) in [6, 6.07) is 18.3. The van der Waals surface area contributed by atoms with E-state index in [0.29, 0.717) is 24.2 Å². The number of aryl methyl sites for hydroxylation is 1. The van der Waals surface area contributed by atoms with E-state index in [1.54, 1.807) is 24.0 Å². The maximum atomic E-state index is 13.3. The molecule has 0 aliphatic carbocycles. The van der Waals surface area contributed by atoms with Crippen molar-refractivity contribution in [1.82, 2.24) is 9.47 Å². The highest BCUT2D eigenvalue weighted by Gasteiger charge is 2.33. The quantitative estimate of drug-likeness (QED) is 0.524. The smallest absolute Gasteiger partial charge is 0.273 e. The summed E-state index contributed by atoms with van der Waals surface area (Å²) in [5, 5.41) is 11.3. The number of rotatable bonds is 3. The van der Waals surface area contributed by atoms with Crippen LogP contribution >= 0.6 is 0 Å². The van der Waals surface area contributed by atoms with Crippen molar-refractivity contribution in [2.75, 3.05) is 6.54 Å². The number of fused-ring (bicyclic) bond motifs is 1. The highest BCUT2D eigenvalue weighted by Crippen LogP contribution is 2.34. The minimum absolute atomic E-state index is 0.0301. The van der Waals surface area contributed by atoms with E-state index in [4.69, 9.17) is 0 Å². The highest BCUT2D eigenvalue weighted by atomic mass is 16.6. The van der Waals surface area contributed by atoms with Gasteiger partial charge in [-0.3, -0.25) is 14.9 Å². The van der Waals surface area contributed by atoms with Crippen LogP contribution in [0.1, 0.15) is 33.2 Å². The molecular weight excluding hydrogens is 342 g/mol. The number of hydrogen-bond acceptors (Lipinski definition) is 3. The zero-order chi connectivity index (χ0) is 19.0. The summed E-state index contributed by atoms with van der Waals surface area (Å²) in [6.07, 6.45) is 2.02. The molecule has 0 radical (unpaired) electrons. The lowest BCUT2D eigenvalue weighted by molar-refractivity contribution is -0.385. The van der Waals surface area contributed by atoms with Crippen molar-refractivity contribution >= 4 is 11.6 Å². The third kappa shape index (κ3) is 2.99. The number of aromatic nitrogens is 1. The Morgan fingerprint density at radius 1 is 1.07 bits per heavy atom. The summed E-state index contributed by atoms with van der Waals surface area (Å²) in [4.78, 5) is 25.9. The first-order valence-corrected chi connectivity index (χ1v) is 8.82. The molecule has 2 heterocycles. The van der Waals surface area contributed by atoms with Gasteiger partial charge in [-0.2, -0.15) is 0 Å². The van der Waals surface area contributed by atoms with Crippen LogP contribution in [0, 0.1) is 17.0 Å². The van der Waals surface area contributed by atoms with Crippen LogP contribution in [0.4, 0.5) is 5.69 Å². The van der Waals surface area contributed by atoms with Crippen molar-refractivity contribution in [2.24, 2.45) is 0 Å². The Bertz CT molecular complexity index is 1010. The van der Waals surface area contributed by atoms with Crippen molar-refractivity contribution in [3.05, 3.63) is 99.4 Å². The Labute approximate surface area is 156 Å². The summed E-state index contributed by atoms with van der Waals surface area (Å²) in [5.41, 5.74) is 2.92. The molecule has 0 bridgehead atoms. The minimum atomic E-state index is -0.442. The highest BCUT2D eigenvalue weighted by molar-refractivity contribution is 5.95. The topological polar surface area (TPSA) is 68.4 Å². The molecule has 1 amide bonds. The number of carbonyl (C=O) groups is 1. The predicted molar refractivity (Wildman–Crippen MR) is 102 cm³/mol. The number of hydrogen-bond donors (Lipinski definition) is 0. The lowest BCUT2D eigenvalue weighted by atomic mass is 9.98. The van der Waals surface area contributed by atoms with E-state index in [-0.39, 0.29) is 17.6 Å². The number of nitrogens with zero attached hydrogens (tertiary/aromatic N) is 3. The predicted octanol–water partition coefficient (Wildman–Crippen LogP) is 3.95. The first-order valence-electron chi connectivity index (χ1n) is 8.82. The number of nitro benzene ring substituents is 1. The average Bonchev–Trinajstić information content (AvgIpc) is 3.16. The number of amides is 1. The van der Waals surface area contributed by atoms with Gasteiger partial charge >= 0.3 is 0 Å². The fourth-order valence-corrected chi connectivity index (χ4v) is 3.69. The van der Waals surface area contributed by atoms with Gasteiger partial charge < -0.3 is 9.47 Å². The molecule has 2 aromatic carbocycles. The van der Waals surface area contributed by atoms with Gasteiger partial charge in [0.25, 0.3) is 11.6 Å². The zero-order valence-corrected chi connectivity index (χ0v) is 14.9. The summed E-state index contributed by atoms with van der Waals surface area (Å²) in [7, 11) is 0. The second kappa shape index (κ2) is 6.72. The average molecular weight is 361 g/mol. The van der Waals surface area contributed by atoms with E-state index < -0.39 is 4.92 Å². The Hall–Kier alpha value is -3.41. The van der Waals surface area contributed by atoms with Crippen molar-refractivity contribution in [3.63, 3.8) is 0 Å². The van der Waals surface area contributed by atoms with Crippen LogP contribution in [-0.2, 0) is 6.54 Å². The molecule has 0 spiro atoms. The van der Waals surface area contributed by atoms with Gasteiger partial charge in [0.15, 0.2) is 0 Å². The number of nitro groups is 1. The van der Waals surface area contributed by atoms with Gasteiger partial charge in [-0.15, -0.1) is 0 Å². The summed E-state index contributed by atoms with van der Waals surface area (Å²) >= 11 is 0. The fourth-order valence-electron chi connectivity index (χ4n) is 3.69. The van der Waals surface area contributed by atoms with Gasteiger partial charge in [-0.25, -0.2) is 0 Å². The molecule has 136 valence electrons. The Morgan fingerprint density at radius 3 is 2.59 bits per heavy atom. The van der Waals surface area contributed by atoms with Gasteiger partial charge in [0.1, 0.15) is 0 Å². The Morgan fingerprint density at radius 2 is 1.85 bits per heavy atom. The molecule has 0 N–H and O–H groups in total. The van der Waals surface area contributed by atoms with Crippen LogP contribution in [-0.4, -0.2) is 26.8 Å². The standard InChI is InChI=1S/C21H19N3O3/c1-15-9-10-17(14-19(15)24(26)27)21(25)23-13-12-22-11-5-8-18(22)20(23)16-6-3-2-4-7-16/h2-11,14,20H,12-13H2,1H3. The van der Waals surface area contributed by atoms with Crippen LogP contribution in [0.3, 0.4) is 0 Å². The van der Waals surface area contributed by atoms with Crippen molar-refractivity contribution in [3.8, 4) is 0 Å². The molecule has 0 fully saturated rings. The molecule has 4 rings (SSSR count). The zero-order valence-electron chi connectivity index (χ0n) is 14.9. The van der Waals surface area contributed by atoms with Crippen LogP contribution in [0.25, 0.3) is 0 Å². The van der Waals surface area contributed by atoms with Gasteiger partial charge in [0, 0.05) is 42.2 Å².